The number of carbonyl (C=O) groups excluding carboxylic acids is 2. The molecule has 8 heteroatoms. The molecule has 1 aliphatic heterocycles. The van der Waals surface area contributed by atoms with E-state index in [9.17, 15) is 18.0 Å². The Hall–Kier alpha value is -2.19. The summed E-state index contributed by atoms with van der Waals surface area (Å²) >= 11 is 0. The maximum Gasteiger partial charge on any atom is 0.253 e. The molecule has 2 aliphatic rings. The molecule has 7 nitrogen and oxygen atoms in total. The standard InChI is InChI=1S/C19H25N3O4S/c1-2-11-20-27(25,26)17-9-5-14(6-10-17)19(24)22-12-3-4-15(13-22)18(23)21-16-7-8-16/h2,5-6,9-10,15-16,20H,1,3-4,7-8,11-13H2,(H,21,23). The van der Waals surface area contributed by atoms with Gasteiger partial charge in [-0.05, 0) is 49.9 Å². The summed E-state index contributed by atoms with van der Waals surface area (Å²) in [7, 11) is -3.61. The fourth-order valence-electron chi connectivity index (χ4n) is 3.13. The number of rotatable bonds is 7. The summed E-state index contributed by atoms with van der Waals surface area (Å²) in [4.78, 5) is 26.8. The van der Waals surface area contributed by atoms with Gasteiger partial charge < -0.3 is 10.2 Å². The summed E-state index contributed by atoms with van der Waals surface area (Å²) in [6.07, 6.45) is 5.11. The van der Waals surface area contributed by atoms with Crippen LogP contribution >= 0.6 is 0 Å². The minimum absolute atomic E-state index is 0.0322. The summed E-state index contributed by atoms with van der Waals surface area (Å²) in [6.45, 7) is 4.62. The second-order valence-corrected chi connectivity index (χ2v) is 8.81. The van der Waals surface area contributed by atoms with Crippen LogP contribution in [0.1, 0.15) is 36.0 Å². The predicted octanol–water partition coefficient (Wildman–Crippen LogP) is 1.28. The Morgan fingerprint density at radius 3 is 2.52 bits per heavy atom. The highest BCUT2D eigenvalue weighted by Crippen LogP contribution is 2.23. The van der Waals surface area contributed by atoms with E-state index in [1.54, 1.807) is 4.90 Å². The van der Waals surface area contributed by atoms with Crippen LogP contribution in [0.15, 0.2) is 41.8 Å². The average Bonchev–Trinajstić information content (AvgIpc) is 3.50. The van der Waals surface area contributed by atoms with E-state index in [0.29, 0.717) is 24.7 Å². The number of hydrogen-bond acceptors (Lipinski definition) is 4. The van der Waals surface area contributed by atoms with E-state index in [1.165, 1.54) is 30.3 Å². The van der Waals surface area contributed by atoms with Crippen LogP contribution in [-0.2, 0) is 14.8 Å². The number of sulfonamides is 1. The van der Waals surface area contributed by atoms with Crippen LogP contribution in [0.5, 0.6) is 0 Å². The zero-order valence-electron chi connectivity index (χ0n) is 15.2. The topological polar surface area (TPSA) is 95.6 Å². The monoisotopic (exact) mass is 391 g/mol. The summed E-state index contributed by atoms with van der Waals surface area (Å²) < 4.78 is 26.6. The quantitative estimate of drug-likeness (QED) is 0.685. The third kappa shape index (κ3) is 4.95. The second kappa shape index (κ2) is 8.22. The van der Waals surface area contributed by atoms with Crippen molar-refractivity contribution in [2.24, 2.45) is 5.92 Å². The van der Waals surface area contributed by atoms with Crippen molar-refractivity contribution in [2.45, 2.75) is 36.6 Å². The largest absolute Gasteiger partial charge is 0.353 e. The van der Waals surface area contributed by atoms with Gasteiger partial charge in [0.2, 0.25) is 15.9 Å². The van der Waals surface area contributed by atoms with Crippen LogP contribution in [0, 0.1) is 5.92 Å². The molecule has 1 unspecified atom stereocenters. The lowest BCUT2D eigenvalue weighted by molar-refractivity contribution is -0.126. The molecule has 27 heavy (non-hydrogen) atoms. The molecule has 1 aromatic rings. The van der Waals surface area contributed by atoms with E-state index in [1.807, 2.05) is 0 Å². The Morgan fingerprint density at radius 1 is 1.19 bits per heavy atom. The van der Waals surface area contributed by atoms with E-state index < -0.39 is 10.0 Å². The molecule has 0 bridgehead atoms. The molecule has 3 rings (SSSR count). The Labute approximate surface area is 159 Å². The lowest BCUT2D eigenvalue weighted by atomic mass is 9.96. The van der Waals surface area contributed by atoms with Crippen LogP contribution < -0.4 is 10.0 Å². The highest BCUT2D eigenvalue weighted by atomic mass is 32.2. The predicted molar refractivity (Wildman–Crippen MR) is 102 cm³/mol. The smallest absolute Gasteiger partial charge is 0.253 e. The average molecular weight is 391 g/mol. The van der Waals surface area contributed by atoms with Crippen LogP contribution in [0.25, 0.3) is 0 Å². The number of carbonyl (C=O) groups is 2. The maximum absolute atomic E-state index is 12.8. The molecular formula is C19H25N3O4S. The fourth-order valence-corrected chi connectivity index (χ4v) is 4.13. The molecule has 0 spiro atoms. The molecule has 0 aromatic heterocycles. The van der Waals surface area contributed by atoms with E-state index in [-0.39, 0.29) is 29.2 Å². The first-order chi connectivity index (χ1) is 12.9. The normalized spacial score (nSPS) is 20.1. The molecule has 1 saturated heterocycles. The van der Waals surface area contributed by atoms with Gasteiger partial charge in [-0.1, -0.05) is 6.08 Å². The number of nitrogens with one attached hydrogen (secondary N) is 2. The molecule has 1 aromatic carbocycles. The van der Waals surface area contributed by atoms with Crippen molar-refractivity contribution in [3.63, 3.8) is 0 Å². The number of benzene rings is 1. The SMILES string of the molecule is C=CCNS(=O)(=O)c1ccc(C(=O)N2CCCC(C(=O)NC3CC3)C2)cc1. The zero-order valence-corrected chi connectivity index (χ0v) is 16.0. The molecule has 2 fully saturated rings. The van der Waals surface area contributed by atoms with Gasteiger partial charge in [0.15, 0.2) is 0 Å². The number of amides is 2. The third-order valence-electron chi connectivity index (χ3n) is 4.83. The molecule has 146 valence electrons. The first-order valence-electron chi connectivity index (χ1n) is 9.21. The van der Waals surface area contributed by atoms with Gasteiger partial charge in [-0.25, -0.2) is 13.1 Å². The highest BCUT2D eigenvalue weighted by Gasteiger charge is 2.32. The van der Waals surface area contributed by atoms with Crippen LogP contribution in [-0.4, -0.2) is 50.8 Å². The van der Waals surface area contributed by atoms with Crippen molar-refractivity contribution in [1.29, 1.82) is 0 Å². The number of hydrogen-bond donors (Lipinski definition) is 2. The molecule has 1 aliphatic carbocycles. The molecule has 0 radical (unpaired) electrons. The first-order valence-corrected chi connectivity index (χ1v) is 10.7. The molecule has 1 heterocycles. The Balaban J connectivity index is 1.64. The Kier molecular flexibility index (Phi) is 5.96. The number of piperidine rings is 1. The Morgan fingerprint density at radius 2 is 1.89 bits per heavy atom. The van der Waals surface area contributed by atoms with Crippen molar-refractivity contribution in [1.82, 2.24) is 14.9 Å². The zero-order chi connectivity index (χ0) is 19.4. The van der Waals surface area contributed by atoms with Gasteiger partial charge in [0, 0.05) is 31.2 Å². The summed E-state index contributed by atoms with van der Waals surface area (Å²) in [5, 5.41) is 3.01. The minimum Gasteiger partial charge on any atom is -0.353 e. The summed E-state index contributed by atoms with van der Waals surface area (Å²) in [5.74, 6) is -0.322. The first kappa shape index (κ1) is 19.6. The van der Waals surface area contributed by atoms with Crippen molar-refractivity contribution < 1.29 is 18.0 Å². The van der Waals surface area contributed by atoms with Gasteiger partial charge in [-0.3, -0.25) is 9.59 Å². The van der Waals surface area contributed by atoms with E-state index in [4.69, 9.17) is 0 Å². The van der Waals surface area contributed by atoms with E-state index in [2.05, 4.69) is 16.6 Å². The van der Waals surface area contributed by atoms with Gasteiger partial charge in [0.1, 0.15) is 0 Å². The number of nitrogens with zero attached hydrogens (tertiary/aromatic N) is 1. The molecule has 2 N–H and O–H groups in total. The van der Waals surface area contributed by atoms with Crippen molar-refractivity contribution in [3.8, 4) is 0 Å². The van der Waals surface area contributed by atoms with Crippen molar-refractivity contribution in [3.05, 3.63) is 42.5 Å². The summed E-state index contributed by atoms with van der Waals surface area (Å²) in [5.41, 5.74) is 0.418. The molecule has 2 amide bonds. The van der Waals surface area contributed by atoms with Crippen LogP contribution in [0.2, 0.25) is 0 Å². The van der Waals surface area contributed by atoms with Crippen molar-refractivity contribution >= 4 is 21.8 Å². The highest BCUT2D eigenvalue weighted by molar-refractivity contribution is 7.89. The van der Waals surface area contributed by atoms with Gasteiger partial charge in [0.05, 0.1) is 10.8 Å². The molecular weight excluding hydrogens is 366 g/mol. The number of likely N-dealkylation sites (tertiary alicyclic amines) is 1. The second-order valence-electron chi connectivity index (χ2n) is 7.04. The van der Waals surface area contributed by atoms with Gasteiger partial charge in [-0.15, -0.1) is 6.58 Å². The van der Waals surface area contributed by atoms with Crippen LogP contribution in [0.4, 0.5) is 0 Å². The van der Waals surface area contributed by atoms with Gasteiger partial charge in [0.25, 0.3) is 5.91 Å². The third-order valence-corrected chi connectivity index (χ3v) is 6.27. The summed E-state index contributed by atoms with van der Waals surface area (Å²) in [6, 6.07) is 6.17. The van der Waals surface area contributed by atoms with E-state index in [0.717, 1.165) is 25.7 Å². The minimum atomic E-state index is -3.61. The molecule has 1 saturated carbocycles. The lowest BCUT2D eigenvalue weighted by Gasteiger charge is -2.32. The van der Waals surface area contributed by atoms with Gasteiger partial charge >= 0.3 is 0 Å². The van der Waals surface area contributed by atoms with Crippen LogP contribution in [0.3, 0.4) is 0 Å². The fraction of sp³-hybridized carbons (Fsp3) is 0.474. The Bertz CT molecular complexity index is 816. The van der Waals surface area contributed by atoms with E-state index >= 15 is 0 Å². The van der Waals surface area contributed by atoms with Crippen molar-refractivity contribution in [2.75, 3.05) is 19.6 Å². The maximum atomic E-state index is 12.8. The van der Waals surface area contributed by atoms with Gasteiger partial charge in [-0.2, -0.15) is 0 Å². The lowest BCUT2D eigenvalue weighted by Crippen LogP contribution is -2.45. The molecule has 1 atom stereocenters.